The Labute approximate surface area is 98.4 Å². The van der Waals surface area contributed by atoms with Crippen molar-refractivity contribution in [3.05, 3.63) is 0 Å². The first-order valence-corrected chi connectivity index (χ1v) is 5.98. The lowest BCUT2D eigenvalue weighted by molar-refractivity contribution is -0.136. The molecule has 0 aromatic rings. The van der Waals surface area contributed by atoms with Crippen molar-refractivity contribution < 1.29 is 4.79 Å². The average Bonchev–Trinajstić information content (AvgIpc) is 2.16. The summed E-state index contributed by atoms with van der Waals surface area (Å²) in [6, 6.07) is 0.239. The summed E-state index contributed by atoms with van der Waals surface area (Å²) in [4.78, 5) is 15.9. The maximum atomic E-state index is 12.0. The van der Waals surface area contributed by atoms with E-state index in [9.17, 15) is 4.79 Å². The van der Waals surface area contributed by atoms with E-state index in [2.05, 4.69) is 11.8 Å². The molecule has 0 fully saturated rings. The molecule has 0 heterocycles. The Morgan fingerprint density at radius 1 is 1.33 bits per heavy atom. The summed E-state index contributed by atoms with van der Waals surface area (Å²) < 4.78 is 0. The van der Waals surface area contributed by atoms with Gasteiger partial charge in [0.2, 0.25) is 5.91 Å². The van der Waals surface area contributed by atoms with Crippen LogP contribution in [0.4, 0.5) is 0 Å². The van der Waals surface area contributed by atoms with Crippen molar-refractivity contribution in [1.82, 2.24) is 9.80 Å². The summed E-state index contributed by atoms with van der Waals surface area (Å²) in [6.07, 6.45) is 0. The predicted molar refractivity (Wildman–Crippen MR) is 65.3 cm³/mol. The third-order valence-electron chi connectivity index (χ3n) is 2.44. The summed E-state index contributed by atoms with van der Waals surface area (Å²) in [5.41, 5.74) is 0. The summed E-state index contributed by atoms with van der Waals surface area (Å²) in [5.74, 6) is 0.461. The van der Waals surface area contributed by atoms with Crippen molar-refractivity contribution in [1.29, 1.82) is 0 Å². The molecule has 0 aromatic carbocycles. The Morgan fingerprint density at radius 2 is 1.87 bits per heavy atom. The van der Waals surface area contributed by atoms with E-state index in [1.54, 1.807) is 0 Å². The van der Waals surface area contributed by atoms with E-state index in [4.69, 9.17) is 11.6 Å². The van der Waals surface area contributed by atoms with E-state index >= 15 is 0 Å². The topological polar surface area (TPSA) is 23.6 Å². The number of halogens is 1. The highest BCUT2D eigenvalue weighted by atomic mass is 35.5. The Morgan fingerprint density at radius 3 is 2.20 bits per heavy atom. The van der Waals surface area contributed by atoms with Gasteiger partial charge in [-0.05, 0) is 27.9 Å². The van der Waals surface area contributed by atoms with Gasteiger partial charge in [0.1, 0.15) is 0 Å². The van der Waals surface area contributed by atoms with Crippen LogP contribution in [0.5, 0.6) is 0 Å². The molecule has 0 aliphatic rings. The number of carbonyl (C=O) groups excluding carboxylic acids is 1. The van der Waals surface area contributed by atoms with Gasteiger partial charge in [-0.3, -0.25) is 4.79 Å². The van der Waals surface area contributed by atoms with Gasteiger partial charge in [-0.2, -0.15) is 0 Å². The minimum absolute atomic E-state index is 0.0868. The Hall–Kier alpha value is -0.280. The normalized spacial score (nSPS) is 15.1. The number of amides is 1. The van der Waals surface area contributed by atoms with Crippen LogP contribution >= 0.6 is 11.6 Å². The van der Waals surface area contributed by atoms with Gasteiger partial charge in [0.05, 0.1) is 0 Å². The number of alkyl halides is 1. The van der Waals surface area contributed by atoms with E-state index in [-0.39, 0.29) is 17.9 Å². The highest BCUT2D eigenvalue weighted by molar-refractivity contribution is 6.19. The molecule has 0 N–H and O–H groups in total. The first kappa shape index (κ1) is 14.7. The van der Waals surface area contributed by atoms with Crippen LogP contribution in [0.1, 0.15) is 20.8 Å². The van der Waals surface area contributed by atoms with Crippen molar-refractivity contribution in [2.75, 3.05) is 33.1 Å². The second-order valence-electron chi connectivity index (χ2n) is 4.29. The molecule has 0 bridgehead atoms. The number of nitrogens with zero attached hydrogens (tertiary/aromatic N) is 2. The molecule has 0 spiro atoms. The fraction of sp³-hybridized carbons (Fsp3) is 0.909. The van der Waals surface area contributed by atoms with Gasteiger partial charge in [0.15, 0.2) is 0 Å². The van der Waals surface area contributed by atoms with Crippen molar-refractivity contribution >= 4 is 17.5 Å². The Bertz CT molecular complexity index is 197. The molecule has 0 aliphatic heterocycles. The van der Waals surface area contributed by atoms with Crippen molar-refractivity contribution in [3.63, 3.8) is 0 Å². The van der Waals surface area contributed by atoms with Crippen LogP contribution in [0, 0.1) is 5.92 Å². The molecular formula is C11H23ClN2O. The van der Waals surface area contributed by atoms with Crippen molar-refractivity contribution in [3.8, 4) is 0 Å². The van der Waals surface area contributed by atoms with Crippen molar-refractivity contribution in [2.24, 2.45) is 5.92 Å². The second-order valence-corrected chi connectivity index (χ2v) is 4.60. The smallest absolute Gasteiger partial charge is 0.226 e. The van der Waals surface area contributed by atoms with Gasteiger partial charge in [-0.15, -0.1) is 11.6 Å². The molecule has 2 unspecified atom stereocenters. The zero-order chi connectivity index (χ0) is 12.0. The highest BCUT2D eigenvalue weighted by Gasteiger charge is 2.22. The number of hydrogen-bond donors (Lipinski definition) is 0. The molecule has 0 aromatic heterocycles. The SMILES string of the molecule is CCN(C(=O)C(C)CCl)C(C)CN(C)C. The van der Waals surface area contributed by atoms with Gasteiger partial charge < -0.3 is 9.80 Å². The highest BCUT2D eigenvalue weighted by Crippen LogP contribution is 2.09. The van der Waals surface area contributed by atoms with E-state index in [1.807, 2.05) is 32.8 Å². The summed E-state index contributed by atoms with van der Waals surface area (Å²) in [6.45, 7) is 7.58. The monoisotopic (exact) mass is 234 g/mol. The Kier molecular flexibility index (Phi) is 6.94. The molecule has 1 amide bonds. The molecule has 4 heteroatoms. The predicted octanol–water partition coefficient (Wildman–Crippen LogP) is 1.66. The molecule has 90 valence electrons. The zero-order valence-electron chi connectivity index (χ0n) is 10.5. The van der Waals surface area contributed by atoms with Crippen LogP contribution in [-0.2, 0) is 4.79 Å². The quantitative estimate of drug-likeness (QED) is 0.653. The molecule has 0 saturated carbocycles. The van der Waals surface area contributed by atoms with E-state index in [0.717, 1.165) is 13.1 Å². The standard InChI is InChI=1S/C11H23ClN2O/c1-6-14(10(3)8-13(4)5)11(15)9(2)7-12/h9-10H,6-8H2,1-5H3. The van der Waals surface area contributed by atoms with Gasteiger partial charge in [-0.25, -0.2) is 0 Å². The second kappa shape index (κ2) is 7.07. The number of likely N-dealkylation sites (N-methyl/N-ethyl adjacent to an activating group) is 2. The van der Waals surface area contributed by atoms with Gasteiger partial charge in [-0.1, -0.05) is 6.92 Å². The average molecular weight is 235 g/mol. The maximum absolute atomic E-state index is 12.0. The van der Waals surface area contributed by atoms with E-state index in [0.29, 0.717) is 5.88 Å². The third-order valence-corrected chi connectivity index (χ3v) is 2.90. The van der Waals surface area contributed by atoms with Crippen LogP contribution < -0.4 is 0 Å². The van der Waals surface area contributed by atoms with Crippen molar-refractivity contribution in [2.45, 2.75) is 26.8 Å². The fourth-order valence-corrected chi connectivity index (χ4v) is 1.79. The molecule has 0 radical (unpaired) electrons. The number of rotatable bonds is 6. The largest absolute Gasteiger partial charge is 0.339 e. The minimum Gasteiger partial charge on any atom is -0.339 e. The van der Waals surface area contributed by atoms with Gasteiger partial charge in [0.25, 0.3) is 0 Å². The molecule has 0 saturated heterocycles. The molecule has 0 rings (SSSR count). The molecular weight excluding hydrogens is 212 g/mol. The van der Waals surface area contributed by atoms with Crippen LogP contribution in [0.15, 0.2) is 0 Å². The first-order chi connectivity index (χ1) is 6.93. The minimum atomic E-state index is -0.0868. The lowest BCUT2D eigenvalue weighted by atomic mass is 10.1. The van der Waals surface area contributed by atoms with Crippen LogP contribution in [0.2, 0.25) is 0 Å². The molecule has 0 aliphatic carbocycles. The van der Waals surface area contributed by atoms with Crippen LogP contribution in [0.3, 0.4) is 0 Å². The fourth-order valence-electron chi connectivity index (χ4n) is 1.66. The summed E-state index contributed by atoms with van der Waals surface area (Å²) >= 11 is 5.70. The van der Waals surface area contributed by atoms with E-state index < -0.39 is 0 Å². The third kappa shape index (κ3) is 4.85. The number of carbonyl (C=O) groups is 1. The van der Waals surface area contributed by atoms with Crippen LogP contribution in [0.25, 0.3) is 0 Å². The van der Waals surface area contributed by atoms with E-state index in [1.165, 1.54) is 0 Å². The molecule has 2 atom stereocenters. The molecule has 3 nitrogen and oxygen atoms in total. The summed E-state index contributed by atoms with van der Waals surface area (Å²) in [5, 5.41) is 0. The van der Waals surface area contributed by atoms with Gasteiger partial charge >= 0.3 is 0 Å². The first-order valence-electron chi connectivity index (χ1n) is 5.45. The van der Waals surface area contributed by atoms with Crippen LogP contribution in [-0.4, -0.2) is 54.8 Å². The Balaban J connectivity index is 4.40. The maximum Gasteiger partial charge on any atom is 0.226 e. The number of hydrogen-bond acceptors (Lipinski definition) is 2. The zero-order valence-corrected chi connectivity index (χ0v) is 11.2. The lowest BCUT2D eigenvalue weighted by Crippen LogP contribution is -2.46. The van der Waals surface area contributed by atoms with Gasteiger partial charge in [0, 0.05) is 30.9 Å². The molecule has 15 heavy (non-hydrogen) atoms. The summed E-state index contributed by atoms with van der Waals surface area (Å²) in [7, 11) is 4.03. The lowest BCUT2D eigenvalue weighted by Gasteiger charge is -2.31.